The Bertz CT molecular complexity index is 948. The maximum absolute atomic E-state index is 13.1. The van der Waals surface area contributed by atoms with E-state index < -0.39 is 5.41 Å². The van der Waals surface area contributed by atoms with Crippen molar-refractivity contribution in [2.75, 3.05) is 11.9 Å². The molecule has 1 aromatic carbocycles. The molecule has 3 amide bonds. The van der Waals surface area contributed by atoms with E-state index in [-0.39, 0.29) is 54.1 Å². The van der Waals surface area contributed by atoms with E-state index in [9.17, 15) is 19.2 Å². The SMILES string of the molecule is CC12CCC(C(=O)N(CCC(=O)Nc3ccc(C(=O)OC4CCCCC4)cc3)C1=O)C2(C)C. The van der Waals surface area contributed by atoms with Gasteiger partial charge in [0.15, 0.2) is 0 Å². The van der Waals surface area contributed by atoms with Crippen molar-refractivity contribution in [3.63, 3.8) is 0 Å². The minimum absolute atomic E-state index is 0.00564. The van der Waals surface area contributed by atoms with E-state index in [0.717, 1.165) is 25.7 Å². The van der Waals surface area contributed by atoms with Crippen LogP contribution in [0.25, 0.3) is 0 Å². The van der Waals surface area contributed by atoms with Gasteiger partial charge in [-0.05, 0) is 68.2 Å². The van der Waals surface area contributed by atoms with E-state index in [4.69, 9.17) is 4.74 Å². The summed E-state index contributed by atoms with van der Waals surface area (Å²) in [4.78, 5) is 52.1. The summed E-state index contributed by atoms with van der Waals surface area (Å²) in [5, 5.41) is 2.78. The van der Waals surface area contributed by atoms with Crippen LogP contribution in [0.3, 0.4) is 0 Å². The quantitative estimate of drug-likeness (QED) is 0.511. The van der Waals surface area contributed by atoms with Gasteiger partial charge in [-0.25, -0.2) is 4.79 Å². The first-order valence-corrected chi connectivity index (χ1v) is 12.1. The van der Waals surface area contributed by atoms with Gasteiger partial charge in [-0.15, -0.1) is 0 Å². The Morgan fingerprint density at radius 3 is 2.36 bits per heavy atom. The van der Waals surface area contributed by atoms with E-state index in [1.807, 2.05) is 20.8 Å². The van der Waals surface area contributed by atoms with Gasteiger partial charge in [-0.3, -0.25) is 19.3 Å². The molecule has 7 heteroatoms. The summed E-state index contributed by atoms with van der Waals surface area (Å²) in [5.41, 5.74) is 0.0808. The maximum atomic E-state index is 13.1. The Morgan fingerprint density at radius 2 is 1.70 bits per heavy atom. The molecule has 2 aliphatic carbocycles. The highest BCUT2D eigenvalue weighted by Gasteiger charge is 2.64. The van der Waals surface area contributed by atoms with Crippen molar-refractivity contribution < 1.29 is 23.9 Å². The lowest BCUT2D eigenvalue weighted by molar-refractivity contribution is -0.167. The smallest absolute Gasteiger partial charge is 0.338 e. The summed E-state index contributed by atoms with van der Waals surface area (Å²) >= 11 is 0. The minimum atomic E-state index is -0.565. The zero-order chi connectivity index (χ0) is 23.8. The van der Waals surface area contributed by atoms with Crippen molar-refractivity contribution in [1.29, 1.82) is 0 Å². The highest BCUT2D eigenvalue weighted by atomic mass is 16.5. The topological polar surface area (TPSA) is 92.8 Å². The second-order valence-corrected chi connectivity index (χ2v) is 10.5. The van der Waals surface area contributed by atoms with Gasteiger partial charge < -0.3 is 10.1 Å². The molecule has 3 fully saturated rings. The Kier molecular flexibility index (Phi) is 6.34. The molecule has 2 atom stereocenters. The summed E-state index contributed by atoms with van der Waals surface area (Å²) in [7, 11) is 0. The third kappa shape index (κ3) is 4.30. The fourth-order valence-corrected chi connectivity index (χ4v) is 5.64. The highest BCUT2D eigenvalue weighted by Crippen LogP contribution is 2.60. The number of piperidine rings is 1. The molecule has 1 heterocycles. The van der Waals surface area contributed by atoms with E-state index in [1.54, 1.807) is 24.3 Å². The van der Waals surface area contributed by atoms with Crippen LogP contribution in [0.5, 0.6) is 0 Å². The first-order chi connectivity index (χ1) is 15.6. The fourth-order valence-electron chi connectivity index (χ4n) is 5.64. The lowest BCUT2D eigenvalue weighted by Gasteiger charge is -2.47. The van der Waals surface area contributed by atoms with Crippen molar-refractivity contribution >= 4 is 29.4 Å². The number of esters is 1. The number of amides is 3. The molecule has 3 aliphatic rings. The average molecular weight is 455 g/mol. The Labute approximate surface area is 195 Å². The van der Waals surface area contributed by atoms with Crippen molar-refractivity contribution in [3.8, 4) is 0 Å². The number of hydrogen-bond acceptors (Lipinski definition) is 5. The normalized spacial score (nSPS) is 26.9. The minimum Gasteiger partial charge on any atom is -0.459 e. The number of hydrogen-bond donors (Lipinski definition) is 1. The van der Waals surface area contributed by atoms with Gasteiger partial charge in [0.1, 0.15) is 6.10 Å². The molecule has 7 nitrogen and oxygen atoms in total. The van der Waals surface area contributed by atoms with Gasteiger partial charge in [0.05, 0.1) is 11.0 Å². The van der Waals surface area contributed by atoms with Crippen LogP contribution in [-0.2, 0) is 19.1 Å². The largest absolute Gasteiger partial charge is 0.459 e. The molecule has 1 N–H and O–H groups in total. The van der Waals surface area contributed by atoms with Gasteiger partial charge in [0.25, 0.3) is 0 Å². The van der Waals surface area contributed by atoms with E-state index in [2.05, 4.69) is 5.32 Å². The summed E-state index contributed by atoms with van der Waals surface area (Å²) in [6, 6.07) is 6.60. The molecule has 1 aliphatic heterocycles. The number of nitrogens with zero attached hydrogens (tertiary/aromatic N) is 1. The number of fused-ring (bicyclic) bond motifs is 2. The number of likely N-dealkylation sites (tertiary alicyclic amines) is 1. The van der Waals surface area contributed by atoms with Crippen LogP contribution in [0.4, 0.5) is 5.69 Å². The van der Waals surface area contributed by atoms with Crippen LogP contribution in [0.2, 0.25) is 0 Å². The molecule has 2 bridgehead atoms. The second-order valence-electron chi connectivity index (χ2n) is 10.5. The predicted molar refractivity (Wildman–Crippen MR) is 123 cm³/mol. The van der Waals surface area contributed by atoms with Gasteiger partial charge in [0, 0.05) is 24.6 Å². The molecular weight excluding hydrogens is 420 g/mol. The van der Waals surface area contributed by atoms with E-state index in [0.29, 0.717) is 24.1 Å². The Balaban J connectivity index is 1.30. The molecule has 33 heavy (non-hydrogen) atoms. The Morgan fingerprint density at radius 1 is 1.03 bits per heavy atom. The van der Waals surface area contributed by atoms with Crippen molar-refractivity contribution in [3.05, 3.63) is 29.8 Å². The fraction of sp³-hybridized carbons (Fsp3) is 0.615. The summed E-state index contributed by atoms with van der Waals surface area (Å²) in [6.45, 7) is 6.02. The van der Waals surface area contributed by atoms with Gasteiger partial charge >= 0.3 is 5.97 Å². The molecule has 1 aromatic rings. The van der Waals surface area contributed by atoms with Crippen LogP contribution < -0.4 is 5.32 Å². The van der Waals surface area contributed by atoms with E-state index in [1.165, 1.54) is 11.3 Å². The number of benzene rings is 1. The summed E-state index contributed by atoms with van der Waals surface area (Å²) in [6.07, 6.45) is 6.66. The van der Waals surface area contributed by atoms with Crippen molar-refractivity contribution in [2.45, 2.75) is 78.2 Å². The van der Waals surface area contributed by atoms with E-state index >= 15 is 0 Å². The average Bonchev–Trinajstić information content (AvgIpc) is 2.98. The van der Waals surface area contributed by atoms with Crippen molar-refractivity contribution in [2.24, 2.45) is 16.7 Å². The molecule has 2 saturated carbocycles. The van der Waals surface area contributed by atoms with Gasteiger partial charge in [-0.1, -0.05) is 27.2 Å². The third-order valence-corrected chi connectivity index (χ3v) is 8.30. The molecule has 2 unspecified atom stereocenters. The first-order valence-electron chi connectivity index (χ1n) is 12.1. The number of ether oxygens (including phenoxy) is 1. The first kappa shape index (κ1) is 23.5. The lowest BCUT2D eigenvalue weighted by atomic mass is 9.62. The standard InChI is InChI=1S/C26H34N2O5/c1-25(2)20-13-15-26(25,3)24(32)28(22(20)30)16-14-21(29)27-18-11-9-17(10-12-18)23(31)33-19-7-5-4-6-8-19/h9-12,19-20H,4-8,13-16H2,1-3H3,(H,27,29). The van der Waals surface area contributed by atoms with Crippen LogP contribution in [-0.4, -0.2) is 41.2 Å². The molecular formula is C26H34N2O5. The Hall–Kier alpha value is -2.70. The van der Waals surface area contributed by atoms with Gasteiger partial charge in [0.2, 0.25) is 17.7 Å². The number of rotatable bonds is 6. The number of carbonyl (C=O) groups excluding carboxylic acids is 4. The monoisotopic (exact) mass is 454 g/mol. The predicted octanol–water partition coefficient (Wildman–Crippen LogP) is 4.32. The maximum Gasteiger partial charge on any atom is 0.338 e. The molecule has 0 spiro atoms. The molecule has 178 valence electrons. The van der Waals surface area contributed by atoms with Crippen LogP contribution in [0.15, 0.2) is 24.3 Å². The molecule has 4 rings (SSSR count). The molecule has 1 saturated heterocycles. The summed E-state index contributed by atoms with van der Waals surface area (Å²) in [5.74, 6) is -1.12. The van der Waals surface area contributed by atoms with Crippen LogP contribution >= 0.6 is 0 Å². The molecule has 0 aromatic heterocycles. The zero-order valence-corrected chi connectivity index (χ0v) is 19.8. The third-order valence-electron chi connectivity index (χ3n) is 8.30. The lowest BCUT2D eigenvalue weighted by Crippen LogP contribution is -2.59. The number of anilines is 1. The van der Waals surface area contributed by atoms with Gasteiger partial charge in [-0.2, -0.15) is 0 Å². The summed E-state index contributed by atoms with van der Waals surface area (Å²) < 4.78 is 5.57. The number of nitrogens with one attached hydrogen (secondary N) is 1. The van der Waals surface area contributed by atoms with Crippen LogP contribution in [0.1, 0.15) is 82.5 Å². The van der Waals surface area contributed by atoms with Crippen LogP contribution in [0, 0.1) is 16.7 Å². The number of carbonyl (C=O) groups is 4. The second kappa shape index (κ2) is 8.92. The molecule has 0 radical (unpaired) electrons. The number of imide groups is 1. The van der Waals surface area contributed by atoms with Crippen molar-refractivity contribution in [1.82, 2.24) is 4.90 Å². The highest BCUT2D eigenvalue weighted by molar-refractivity contribution is 6.04. The zero-order valence-electron chi connectivity index (χ0n) is 19.8.